The Morgan fingerprint density at radius 1 is 1.00 bits per heavy atom. The van der Waals surface area contributed by atoms with Gasteiger partial charge in [0.25, 0.3) is 0 Å². The van der Waals surface area contributed by atoms with E-state index in [1.165, 1.54) is 0 Å². The van der Waals surface area contributed by atoms with E-state index in [0.717, 1.165) is 12.8 Å². The molecule has 2 aliphatic heterocycles. The molecule has 10 atom stereocenters. The maximum atomic E-state index is 13.9. The van der Waals surface area contributed by atoms with Gasteiger partial charge in [-0.15, -0.1) is 0 Å². The molecule has 2 heterocycles. The van der Waals surface area contributed by atoms with Crippen LogP contribution in [0, 0.1) is 22.7 Å². The summed E-state index contributed by atoms with van der Waals surface area (Å²) < 4.78 is 32.2. The molecule has 0 spiro atoms. The lowest BCUT2D eigenvalue weighted by molar-refractivity contribution is -0.363. The average molecular weight is 613 g/mol. The summed E-state index contributed by atoms with van der Waals surface area (Å²) in [7, 11) is 0. The van der Waals surface area contributed by atoms with Gasteiger partial charge >= 0.3 is 11.9 Å². The average Bonchev–Trinajstić information content (AvgIpc) is 3.75. The SMILES string of the molecule is CC1=C2[C@H]3OC(C)(C)O[C@H]3[C@@]3(C)[C@H]([C@H](OC(=O)c4ccccc4)[C@](O)(C[C@@H]1O)C2(C)C)[C@]1(OC(=O)C2CC2)CO[C@@H]1C[C@@H]3O. The van der Waals surface area contributed by atoms with Crippen molar-refractivity contribution in [2.45, 2.75) is 121 Å². The van der Waals surface area contributed by atoms with Crippen molar-refractivity contribution in [1.29, 1.82) is 0 Å². The van der Waals surface area contributed by atoms with Crippen LogP contribution in [0.3, 0.4) is 0 Å². The Bertz CT molecular complexity index is 1400. The fraction of sp³-hybridized carbons (Fsp3) is 0.706. The van der Waals surface area contributed by atoms with Gasteiger partial charge in [-0.2, -0.15) is 0 Å². The van der Waals surface area contributed by atoms with Crippen LogP contribution in [-0.4, -0.2) is 87.5 Å². The quantitative estimate of drug-likeness (QED) is 0.343. The Labute approximate surface area is 257 Å². The molecule has 44 heavy (non-hydrogen) atoms. The smallest absolute Gasteiger partial charge is 0.338 e. The Hall–Kier alpha value is -2.34. The predicted octanol–water partition coefficient (Wildman–Crippen LogP) is 3.06. The number of aliphatic hydroxyl groups is 3. The standard InChI is InChI=1S/C34H44O10/c1-17-20(35)15-34(39)27(41-28(37)18-10-8-7-9-11-18)25-32(6,26-24(23(17)30(34,2)3)42-31(4,5)43-26)21(36)14-22-33(25,16-40-22)44-29(38)19-12-13-19/h7-11,19-22,24-27,35-36,39H,12-16H2,1-6H3/t20-,21-,22+,24+,25-,26+,27-,32+,33-,34+/m0/s1. The lowest BCUT2D eigenvalue weighted by atomic mass is 9.44. The lowest BCUT2D eigenvalue weighted by Crippen LogP contribution is -2.82. The molecule has 10 heteroatoms. The van der Waals surface area contributed by atoms with Crippen molar-refractivity contribution >= 4 is 11.9 Å². The van der Waals surface area contributed by atoms with E-state index in [2.05, 4.69) is 0 Å². The van der Waals surface area contributed by atoms with Crippen molar-refractivity contribution in [3.05, 3.63) is 47.0 Å². The highest BCUT2D eigenvalue weighted by Crippen LogP contribution is 2.67. The van der Waals surface area contributed by atoms with E-state index in [1.54, 1.807) is 44.2 Å². The summed E-state index contributed by atoms with van der Waals surface area (Å²) in [5.41, 5.74) is -4.01. The van der Waals surface area contributed by atoms with Crippen LogP contribution in [0.2, 0.25) is 0 Å². The molecule has 4 aliphatic carbocycles. The second-order valence-corrected chi connectivity index (χ2v) is 15.1. The van der Waals surface area contributed by atoms with Gasteiger partial charge in [-0.25, -0.2) is 4.79 Å². The van der Waals surface area contributed by atoms with Gasteiger partial charge in [-0.3, -0.25) is 4.79 Å². The minimum atomic E-state index is -1.88. The van der Waals surface area contributed by atoms with Crippen LogP contribution in [-0.2, 0) is 28.5 Å². The first-order chi connectivity index (χ1) is 20.6. The molecule has 0 amide bonds. The zero-order valence-electron chi connectivity index (χ0n) is 26.2. The molecule has 5 fully saturated rings. The van der Waals surface area contributed by atoms with Crippen molar-refractivity contribution in [3.8, 4) is 0 Å². The molecule has 0 aromatic heterocycles. The first kappa shape index (κ1) is 30.3. The van der Waals surface area contributed by atoms with Gasteiger partial charge in [-0.05, 0) is 56.9 Å². The second kappa shape index (κ2) is 9.59. The van der Waals surface area contributed by atoms with Gasteiger partial charge < -0.3 is 39.0 Å². The Balaban J connectivity index is 1.50. The summed E-state index contributed by atoms with van der Waals surface area (Å²) in [6.45, 7) is 11.0. The topological polar surface area (TPSA) is 141 Å². The van der Waals surface area contributed by atoms with Crippen LogP contribution < -0.4 is 0 Å². The first-order valence-corrected chi connectivity index (χ1v) is 15.8. The molecule has 2 bridgehead atoms. The van der Waals surface area contributed by atoms with Crippen LogP contribution in [0.4, 0.5) is 0 Å². The third kappa shape index (κ3) is 4.00. The van der Waals surface area contributed by atoms with Gasteiger partial charge in [0.15, 0.2) is 11.4 Å². The fourth-order valence-corrected chi connectivity index (χ4v) is 9.10. The summed E-state index contributed by atoms with van der Waals surface area (Å²) >= 11 is 0. The van der Waals surface area contributed by atoms with Gasteiger partial charge in [-0.1, -0.05) is 39.0 Å². The highest BCUT2D eigenvalue weighted by Gasteiger charge is 2.79. The van der Waals surface area contributed by atoms with Crippen LogP contribution >= 0.6 is 0 Å². The molecule has 1 aromatic rings. The number of ether oxygens (including phenoxy) is 5. The van der Waals surface area contributed by atoms with Crippen LogP contribution in [0.1, 0.15) is 77.6 Å². The number of rotatable bonds is 4. The third-order valence-corrected chi connectivity index (χ3v) is 11.8. The Morgan fingerprint density at radius 3 is 2.30 bits per heavy atom. The zero-order valence-corrected chi connectivity index (χ0v) is 26.2. The van der Waals surface area contributed by atoms with Crippen LogP contribution in [0.5, 0.6) is 0 Å². The number of hydrogen-bond donors (Lipinski definition) is 3. The maximum Gasteiger partial charge on any atom is 0.338 e. The van der Waals surface area contributed by atoms with E-state index in [-0.39, 0.29) is 36.9 Å². The van der Waals surface area contributed by atoms with Gasteiger partial charge in [0, 0.05) is 23.7 Å². The molecular formula is C34H44O10. The van der Waals surface area contributed by atoms with Crippen molar-refractivity contribution in [1.82, 2.24) is 0 Å². The van der Waals surface area contributed by atoms with E-state index in [9.17, 15) is 24.9 Å². The lowest BCUT2D eigenvalue weighted by Gasteiger charge is -2.68. The largest absolute Gasteiger partial charge is 0.455 e. The van der Waals surface area contributed by atoms with E-state index < -0.39 is 76.3 Å². The summed E-state index contributed by atoms with van der Waals surface area (Å²) in [6.07, 6.45) is -4.31. The highest BCUT2D eigenvalue weighted by atomic mass is 16.8. The number of fused-ring (bicyclic) bond motifs is 8. The molecule has 2 saturated heterocycles. The number of benzene rings is 1. The molecule has 10 nitrogen and oxygen atoms in total. The predicted molar refractivity (Wildman–Crippen MR) is 155 cm³/mol. The molecule has 7 rings (SSSR count). The number of carbonyl (C=O) groups is 2. The number of hydrogen-bond acceptors (Lipinski definition) is 10. The van der Waals surface area contributed by atoms with Crippen LogP contribution in [0.15, 0.2) is 41.5 Å². The highest BCUT2D eigenvalue weighted by molar-refractivity contribution is 5.89. The van der Waals surface area contributed by atoms with E-state index in [4.69, 9.17) is 23.7 Å². The van der Waals surface area contributed by atoms with Crippen molar-refractivity contribution in [2.75, 3.05) is 6.61 Å². The third-order valence-electron chi connectivity index (χ3n) is 11.8. The summed E-state index contributed by atoms with van der Waals surface area (Å²) in [4.78, 5) is 27.4. The molecule has 6 aliphatic rings. The van der Waals surface area contributed by atoms with Gasteiger partial charge in [0.1, 0.15) is 23.9 Å². The second-order valence-electron chi connectivity index (χ2n) is 15.1. The van der Waals surface area contributed by atoms with E-state index in [0.29, 0.717) is 11.1 Å². The summed E-state index contributed by atoms with van der Waals surface area (Å²) in [5.74, 6) is -3.34. The Kier molecular flexibility index (Phi) is 6.61. The van der Waals surface area contributed by atoms with Crippen molar-refractivity contribution < 1.29 is 48.6 Å². The summed E-state index contributed by atoms with van der Waals surface area (Å²) in [6, 6.07) is 8.50. The van der Waals surface area contributed by atoms with Crippen LogP contribution in [0.25, 0.3) is 0 Å². The minimum Gasteiger partial charge on any atom is -0.455 e. The number of carbonyl (C=O) groups excluding carboxylic acids is 2. The maximum absolute atomic E-state index is 13.9. The van der Waals surface area contributed by atoms with Gasteiger partial charge in [0.2, 0.25) is 0 Å². The molecule has 1 aromatic carbocycles. The first-order valence-electron chi connectivity index (χ1n) is 15.8. The van der Waals surface area contributed by atoms with Gasteiger partial charge in [0.05, 0.1) is 42.3 Å². The molecule has 0 radical (unpaired) electrons. The van der Waals surface area contributed by atoms with E-state index >= 15 is 0 Å². The molecule has 3 N–H and O–H groups in total. The van der Waals surface area contributed by atoms with E-state index in [1.807, 2.05) is 27.7 Å². The van der Waals surface area contributed by atoms with Crippen molar-refractivity contribution in [2.24, 2.45) is 22.7 Å². The molecular weight excluding hydrogens is 568 g/mol. The zero-order chi connectivity index (χ0) is 31.6. The Morgan fingerprint density at radius 2 is 1.68 bits per heavy atom. The monoisotopic (exact) mass is 612 g/mol. The number of esters is 2. The summed E-state index contributed by atoms with van der Waals surface area (Å²) in [5, 5.41) is 36.8. The normalized spacial score (nSPS) is 45.1. The minimum absolute atomic E-state index is 0.00487. The fourth-order valence-electron chi connectivity index (χ4n) is 9.10. The molecule has 3 saturated carbocycles. The number of aliphatic hydroxyl groups excluding tert-OH is 2. The van der Waals surface area contributed by atoms with Crippen molar-refractivity contribution in [3.63, 3.8) is 0 Å². The molecule has 240 valence electrons. The molecule has 0 unspecified atom stereocenters.